The number of amides is 1. The predicted octanol–water partition coefficient (Wildman–Crippen LogP) is 4.94. The van der Waals surface area contributed by atoms with Crippen molar-refractivity contribution in [2.75, 3.05) is 16.7 Å². The highest BCUT2D eigenvalue weighted by atomic mass is 32.2. The van der Waals surface area contributed by atoms with Gasteiger partial charge in [-0.1, -0.05) is 55.0 Å². The lowest BCUT2D eigenvalue weighted by Crippen LogP contribution is -2.29. The van der Waals surface area contributed by atoms with Crippen LogP contribution >= 0.6 is 0 Å². The van der Waals surface area contributed by atoms with Crippen molar-refractivity contribution >= 4 is 27.3 Å². The molecule has 3 rings (SSSR count). The molecular formula is C24H26N2O3S. The van der Waals surface area contributed by atoms with Crippen LogP contribution in [0.15, 0.2) is 71.6 Å². The first-order chi connectivity index (χ1) is 14.3. The average molecular weight is 423 g/mol. The van der Waals surface area contributed by atoms with Crippen LogP contribution in [0.4, 0.5) is 11.4 Å². The number of carbonyl (C=O) groups excluding carboxylic acids is 1. The first-order valence-corrected chi connectivity index (χ1v) is 11.2. The van der Waals surface area contributed by atoms with Crippen LogP contribution in [0.1, 0.15) is 34.0 Å². The van der Waals surface area contributed by atoms with Crippen molar-refractivity contribution in [3.05, 3.63) is 89.0 Å². The number of rotatable bonds is 6. The van der Waals surface area contributed by atoms with Crippen LogP contribution in [0.2, 0.25) is 0 Å². The maximum Gasteiger partial charge on any atom is 0.264 e. The number of anilines is 2. The summed E-state index contributed by atoms with van der Waals surface area (Å²) in [6.45, 7) is 5.87. The van der Waals surface area contributed by atoms with Gasteiger partial charge in [0.05, 0.1) is 16.1 Å². The lowest BCUT2D eigenvalue weighted by Gasteiger charge is -2.22. The Bertz CT molecular complexity index is 1170. The summed E-state index contributed by atoms with van der Waals surface area (Å²) in [5.74, 6) is -0.347. The number of aryl methyl sites for hydroxylation is 3. The fourth-order valence-electron chi connectivity index (χ4n) is 3.32. The van der Waals surface area contributed by atoms with Gasteiger partial charge in [-0.25, -0.2) is 8.42 Å². The Balaban J connectivity index is 1.98. The van der Waals surface area contributed by atoms with Crippen LogP contribution in [-0.4, -0.2) is 21.4 Å². The quantitative estimate of drug-likeness (QED) is 0.612. The van der Waals surface area contributed by atoms with Crippen LogP contribution in [0.5, 0.6) is 0 Å². The fraction of sp³-hybridized carbons (Fsp3) is 0.208. The van der Waals surface area contributed by atoms with E-state index in [4.69, 9.17) is 0 Å². The molecule has 1 N–H and O–H groups in total. The Morgan fingerprint density at radius 1 is 0.933 bits per heavy atom. The summed E-state index contributed by atoms with van der Waals surface area (Å²) in [5.41, 5.74) is 4.34. The van der Waals surface area contributed by atoms with Gasteiger partial charge in [-0.3, -0.25) is 9.10 Å². The Labute approximate surface area is 178 Å². The number of hydrogen-bond acceptors (Lipinski definition) is 3. The highest BCUT2D eigenvalue weighted by Gasteiger charge is 2.25. The Kier molecular flexibility index (Phi) is 6.27. The van der Waals surface area contributed by atoms with Crippen LogP contribution in [0.3, 0.4) is 0 Å². The molecule has 6 heteroatoms. The summed E-state index contributed by atoms with van der Waals surface area (Å²) in [5, 5.41) is 2.98. The van der Waals surface area contributed by atoms with Gasteiger partial charge in [-0.2, -0.15) is 0 Å². The molecule has 0 aromatic heterocycles. The maximum absolute atomic E-state index is 13.1. The molecule has 156 valence electrons. The molecule has 0 aliphatic heterocycles. The van der Waals surface area contributed by atoms with Crippen LogP contribution < -0.4 is 9.62 Å². The van der Waals surface area contributed by atoms with Gasteiger partial charge in [-0.15, -0.1) is 0 Å². The van der Waals surface area contributed by atoms with Gasteiger partial charge in [0, 0.05) is 12.7 Å². The van der Waals surface area contributed by atoms with E-state index < -0.39 is 10.0 Å². The number of sulfonamides is 1. The minimum absolute atomic E-state index is 0.179. The minimum Gasteiger partial charge on any atom is -0.321 e. The third kappa shape index (κ3) is 4.24. The van der Waals surface area contributed by atoms with Crippen molar-refractivity contribution in [2.24, 2.45) is 0 Å². The Hall–Kier alpha value is -3.12. The highest BCUT2D eigenvalue weighted by molar-refractivity contribution is 7.92. The molecule has 5 nitrogen and oxygen atoms in total. The van der Waals surface area contributed by atoms with Crippen LogP contribution in [-0.2, 0) is 16.4 Å². The van der Waals surface area contributed by atoms with Gasteiger partial charge in [0.1, 0.15) is 0 Å². The smallest absolute Gasteiger partial charge is 0.264 e. The van der Waals surface area contributed by atoms with Crippen molar-refractivity contribution in [3.8, 4) is 0 Å². The molecule has 0 fully saturated rings. The first kappa shape index (κ1) is 21.6. The van der Waals surface area contributed by atoms with Crippen molar-refractivity contribution in [2.45, 2.75) is 32.1 Å². The average Bonchev–Trinajstić information content (AvgIpc) is 2.74. The molecule has 0 spiro atoms. The van der Waals surface area contributed by atoms with E-state index in [2.05, 4.69) is 5.32 Å². The van der Waals surface area contributed by atoms with Gasteiger partial charge in [-0.05, 0) is 55.7 Å². The second kappa shape index (κ2) is 8.71. The standard InChI is InChI=1S/C24H26N2O3S/c1-5-19-10-8-9-18(3)23(19)25-24(27)21-11-6-7-12-22(21)26(4)30(28,29)20-15-13-17(2)14-16-20/h6-16H,5H2,1-4H3,(H,25,27). The first-order valence-electron chi connectivity index (χ1n) is 9.80. The summed E-state index contributed by atoms with van der Waals surface area (Å²) in [7, 11) is -2.34. The SMILES string of the molecule is CCc1cccc(C)c1NC(=O)c1ccccc1N(C)S(=O)(=O)c1ccc(C)cc1. The van der Waals surface area contributed by atoms with Gasteiger partial charge in [0.25, 0.3) is 15.9 Å². The van der Waals surface area contributed by atoms with Crippen molar-refractivity contribution < 1.29 is 13.2 Å². The van der Waals surface area contributed by atoms with Crippen LogP contribution in [0.25, 0.3) is 0 Å². The molecule has 0 radical (unpaired) electrons. The molecule has 0 saturated heterocycles. The summed E-state index contributed by atoms with van der Waals surface area (Å²) in [6, 6.07) is 19.2. The summed E-state index contributed by atoms with van der Waals surface area (Å²) in [6.07, 6.45) is 0.778. The van der Waals surface area contributed by atoms with Gasteiger partial charge < -0.3 is 5.32 Å². The van der Waals surface area contributed by atoms with Crippen molar-refractivity contribution in [1.82, 2.24) is 0 Å². The largest absolute Gasteiger partial charge is 0.321 e. The number of carbonyl (C=O) groups is 1. The topological polar surface area (TPSA) is 66.5 Å². The normalized spacial score (nSPS) is 11.2. The summed E-state index contributed by atoms with van der Waals surface area (Å²) < 4.78 is 27.4. The number of benzene rings is 3. The van der Waals surface area contributed by atoms with Gasteiger partial charge in [0.15, 0.2) is 0 Å². The third-order valence-corrected chi connectivity index (χ3v) is 6.93. The molecule has 0 unspecified atom stereocenters. The minimum atomic E-state index is -3.81. The van der Waals surface area contributed by atoms with Crippen molar-refractivity contribution in [3.63, 3.8) is 0 Å². The summed E-state index contributed by atoms with van der Waals surface area (Å²) in [4.78, 5) is 13.3. The lowest BCUT2D eigenvalue weighted by atomic mass is 10.0. The summed E-state index contributed by atoms with van der Waals surface area (Å²) >= 11 is 0. The van der Waals surface area contributed by atoms with Crippen molar-refractivity contribution in [1.29, 1.82) is 0 Å². The maximum atomic E-state index is 13.1. The van der Waals surface area contributed by atoms with Gasteiger partial charge in [0.2, 0.25) is 0 Å². The van der Waals surface area contributed by atoms with Gasteiger partial charge >= 0.3 is 0 Å². The molecule has 30 heavy (non-hydrogen) atoms. The number of nitrogens with one attached hydrogen (secondary N) is 1. The molecule has 0 saturated carbocycles. The zero-order valence-electron chi connectivity index (χ0n) is 17.6. The van der Waals surface area contributed by atoms with E-state index in [1.807, 2.05) is 39.0 Å². The van der Waals surface area contributed by atoms with E-state index in [0.717, 1.165) is 33.1 Å². The number of hydrogen-bond donors (Lipinski definition) is 1. The molecule has 3 aromatic rings. The fourth-order valence-corrected chi connectivity index (χ4v) is 4.54. The predicted molar refractivity (Wildman–Crippen MR) is 122 cm³/mol. The molecule has 0 heterocycles. The zero-order chi connectivity index (χ0) is 21.9. The molecule has 0 aliphatic rings. The van der Waals surface area contributed by atoms with E-state index in [1.165, 1.54) is 7.05 Å². The Morgan fingerprint density at radius 3 is 2.27 bits per heavy atom. The number of nitrogens with zero attached hydrogens (tertiary/aromatic N) is 1. The lowest BCUT2D eigenvalue weighted by molar-refractivity contribution is 0.102. The molecular weight excluding hydrogens is 396 g/mol. The molecule has 0 bridgehead atoms. The van der Waals surface area contributed by atoms with E-state index in [-0.39, 0.29) is 10.8 Å². The second-order valence-electron chi connectivity index (χ2n) is 7.22. The third-order valence-electron chi connectivity index (χ3n) is 5.15. The second-order valence-corrected chi connectivity index (χ2v) is 9.19. The Morgan fingerprint density at radius 2 is 1.60 bits per heavy atom. The van der Waals surface area contributed by atoms with E-state index in [0.29, 0.717) is 11.3 Å². The molecule has 0 atom stereocenters. The molecule has 0 aliphatic carbocycles. The monoisotopic (exact) mass is 422 g/mol. The zero-order valence-corrected chi connectivity index (χ0v) is 18.5. The van der Waals surface area contributed by atoms with E-state index >= 15 is 0 Å². The molecule has 3 aromatic carbocycles. The highest BCUT2D eigenvalue weighted by Crippen LogP contribution is 2.28. The van der Waals surface area contributed by atoms with E-state index in [1.54, 1.807) is 48.5 Å². The van der Waals surface area contributed by atoms with E-state index in [9.17, 15) is 13.2 Å². The molecule has 1 amide bonds. The van der Waals surface area contributed by atoms with Crippen LogP contribution in [0, 0.1) is 13.8 Å². The number of para-hydroxylation sites is 2.